The van der Waals surface area contributed by atoms with E-state index in [-0.39, 0.29) is 17.6 Å². The van der Waals surface area contributed by atoms with E-state index in [0.717, 1.165) is 31.6 Å². The summed E-state index contributed by atoms with van der Waals surface area (Å²) < 4.78 is 0.577. The van der Waals surface area contributed by atoms with Crippen molar-refractivity contribution < 1.29 is 9.72 Å². The smallest absolute Gasteiger partial charge is 0.270 e. The van der Waals surface area contributed by atoms with Gasteiger partial charge in [0, 0.05) is 22.6 Å². The largest absolute Gasteiger partial charge is 0.349 e. The number of halogens is 1. The van der Waals surface area contributed by atoms with Gasteiger partial charge in [0.1, 0.15) is 0 Å². The molecule has 0 aromatic heterocycles. The van der Waals surface area contributed by atoms with Crippen molar-refractivity contribution in [1.82, 2.24) is 5.32 Å². The fourth-order valence-electron chi connectivity index (χ4n) is 2.78. The summed E-state index contributed by atoms with van der Waals surface area (Å²) >= 11 is 3.28. The standard InChI is InChI=1S/C15H19BrN2O3/c1-2-10-3-5-11(6-4-10)17-15(19)13-9-12(18(20)21)7-8-14(13)16/h7-11H,2-6H2,1H3,(H,17,19). The molecule has 1 aliphatic carbocycles. The van der Waals surface area contributed by atoms with Crippen LogP contribution in [0.15, 0.2) is 22.7 Å². The second kappa shape index (κ2) is 7.02. The van der Waals surface area contributed by atoms with Gasteiger partial charge in [-0.1, -0.05) is 13.3 Å². The first kappa shape index (κ1) is 15.9. The number of nitrogens with one attached hydrogen (secondary N) is 1. The average Bonchev–Trinajstić information content (AvgIpc) is 2.48. The predicted molar refractivity (Wildman–Crippen MR) is 84.3 cm³/mol. The van der Waals surface area contributed by atoms with Crippen LogP contribution in [0.5, 0.6) is 0 Å². The maximum Gasteiger partial charge on any atom is 0.270 e. The molecule has 1 aromatic carbocycles. The van der Waals surface area contributed by atoms with Gasteiger partial charge in [0.2, 0.25) is 0 Å². The van der Waals surface area contributed by atoms with Gasteiger partial charge in [-0.3, -0.25) is 14.9 Å². The molecule has 0 heterocycles. The molecule has 6 heteroatoms. The number of nitro groups is 1. The zero-order valence-corrected chi connectivity index (χ0v) is 13.6. The molecule has 1 N–H and O–H groups in total. The molecule has 0 bridgehead atoms. The van der Waals surface area contributed by atoms with Crippen molar-refractivity contribution in [2.24, 2.45) is 5.92 Å². The summed E-state index contributed by atoms with van der Waals surface area (Å²) in [5.74, 6) is 0.522. The number of carbonyl (C=O) groups excluding carboxylic acids is 1. The molecule has 0 atom stereocenters. The van der Waals surface area contributed by atoms with Gasteiger partial charge >= 0.3 is 0 Å². The summed E-state index contributed by atoms with van der Waals surface area (Å²) in [6, 6.07) is 4.41. The van der Waals surface area contributed by atoms with Gasteiger partial charge in [-0.15, -0.1) is 0 Å². The fourth-order valence-corrected chi connectivity index (χ4v) is 3.21. The van der Waals surface area contributed by atoms with Gasteiger partial charge in [0.15, 0.2) is 0 Å². The zero-order chi connectivity index (χ0) is 15.4. The normalized spacial score (nSPS) is 21.8. The third-order valence-corrected chi connectivity index (χ3v) is 4.86. The highest BCUT2D eigenvalue weighted by molar-refractivity contribution is 9.10. The van der Waals surface area contributed by atoms with E-state index >= 15 is 0 Å². The van der Waals surface area contributed by atoms with Crippen LogP contribution < -0.4 is 5.32 Å². The molecule has 1 aliphatic rings. The topological polar surface area (TPSA) is 72.2 Å². The molecule has 1 fully saturated rings. The van der Waals surface area contributed by atoms with Crippen molar-refractivity contribution in [3.8, 4) is 0 Å². The summed E-state index contributed by atoms with van der Waals surface area (Å²) in [6.45, 7) is 2.20. The number of rotatable bonds is 4. The number of non-ortho nitro benzene ring substituents is 1. The van der Waals surface area contributed by atoms with E-state index in [1.54, 1.807) is 6.07 Å². The molecule has 21 heavy (non-hydrogen) atoms. The number of benzene rings is 1. The lowest BCUT2D eigenvalue weighted by Gasteiger charge is -2.28. The molecule has 1 amide bonds. The van der Waals surface area contributed by atoms with Crippen molar-refractivity contribution in [3.63, 3.8) is 0 Å². The van der Waals surface area contributed by atoms with Gasteiger partial charge in [-0.2, -0.15) is 0 Å². The number of amides is 1. The van der Waals surface area contributed by atoms with Crippen LogP contribution in [0, 0.1) is 16.0 Å². The minimum absolute atomic E-state index is 0.0713. The average molecular weight is 355 g/mol. The second-order valence-corrected chi connectivity index (χ2v) is 6.37. The second-order valence-electron chi connectivity index (χ2n) is 5.52. The van der Waals surface area contributed by atoms with Gasteiger partial charge in [-0.25, -0.2) is 0 Å². The van der Waals surface area contributed by atoms with E-state index in [0.29, 0.717) is 10.0 Å². The monoisotopic (exact) mass is 354 g/mol. The van der Waals surface area contributed by atoms with Crippen LogP contribution in [-0.4, -0.2) is 16.9 Å². The van der Waals surface area contributed by atoms with Crippen LogP contribution in [0.3, 0.4) is 0 Å². The Hall–Kier alpha value is -1.43. The van der Waals surface area contributed by atoms with Gasteiger partial charge in [-0.05, 0) is 53.6 Å². The van der Waals surface area contributed by atoms with Crippen molar-refractivity contribution in [2.45, 2.75) is 45.1 Å². The van der Waals surface area contributed by atoms with Crippen molar-refractivity contribution in [1.29, 1.82) is 0 Å². The highest BCUT2D eigenvalue weighted by Gasteiger charge is 2.23. The Balaban J connectivity index is 2.03. The molecule has 5 nitrogen and oxygen atoms in total. The molecule has 0 radical (unpaired) electrons. The summed E-state index contributed by atoms with van der Waals surface area (Å²) in [7, 11) is 0. The van der Waals surface area contributed by atoms with Gasteiger partial charge in [0.05, 0.1) is 10.5 Å². The quantitative estimate of drug-likeness (QED) is 0.654. The van der Waals surface area contributed by atoms with E-state index in [1.165, 1.54) is 18.6 Å². The lowest BCUT2D eigenvalue weighted by molar-refractivity contribution is -0.384. The summed E-state index contributed by atoms with van der Waals surface area (Å²) in [5, 5.41) is 13.8. The summed E-state index contributed by atoms with van der Waals surface area (Å²) in [5.41, 5.74) is 0.250. The fraction of sp³-hybridized carbons (Fsp3) is 0.533. The third kappa shape index (κ3) is 4.03. The van der Waals surface area contributed by atoms with E-state index < -0.39 is 4.92 Å². The minimum atomic E-state index is -0.490. The number of hydrogen-bond acceptors (Lipinski definition) is 3. The highest BCUT2D eigenvalue weighted by Crippen LogP contribution is 2.27. The Labute approximate surface area is 132 Å². The predicted octanol–water partition coefficient (Wildman–Crippen LogP) is 4.06. The Morgan fingerprint density at radius 3 is 2.62 bits per heavy atom. The van der Waals surface area contributed by atoms with Crippen LogP contribution in [0.4, 0.5) is 5.69 Å². The summed E-state index contributed by atoms with van der Waals surface area (Å²) in [4.78, 5) is 22.6. The Kier molecular flexibility index (Phi) is 5.33. The number of hydrogen-bond donors (Lipinski definition) is 1. The molecule has 0 spiro atoms. The molecule has 114 valence electrons. The zero-order valence-electron chi connectivity index (χ0n) is 12.0. The van der Waals surface area contributed by atoms with E-state index in [2.05, 4.69) is 28.2 Å². The molecular formula is C15H19BrN2O3. The number of nitrogens with zero attached hydrogens (tertiary/aromatic N) is 1. The lowest BCUT2D eigenvalue weighted by atomic mass is 9.84. The Bertz CT molecular complexity index is 540. The molecule has 0 aliphatic heterocycles. The Morgan fingerprint density at radius 1 is 1.38 bits per heavy atom. The molecule has 1 saturated carbocycles. The Morgan fingerprint density at radius 2 is 2.05 bits per heavy atom. The van der Waals surface area contributed by atoms with Crippen molar-refractivity contribution >= 4 is 27.5 Å². The number of nitro benzene ring substituents is 1. The molecule has 2 rings (SSSR count). The number of carbonyl (C=O) groups is 1. The van der Waals surface area contributed by atoms with Crippen LogP contribution in [0.2, 0.25) is 0 Å². The van der Waals surface area contributed by atoms with Crippen LogP contribution in [0.1, 0.15) is 49.4 Å². The first-order valence-corrected chi connectivity index (χ1v) is 8.05. The van der Waals surface area contributed by atoms with Gasteiger partial charge < -0.3 is 5.32 Å². The maximum absolute atomic E-state index is 12.3. The minimum Gasteiger partial charge on any atom is -0.349 e. The van der Waals surface area contributed by atoms with Crippen molar-refractivity contribution in [3.05, 3.63) is 38.3 Å². The highest BCUT2D eigenvalue weighted by atomic mass is 79.9. The molecule has 0 unspecified atom stereocenters. The first-order valence-electron chi connectivity index (χ1n) is 7.26. The van der Waals surface area contributed by atoms with E-state index in [1.807, 2.05) is 0 Å². The lowest BCUT2D eigenvalue weighted by Crippen LogP contribution is -2.37. The van der Waals surface area contributed by atoms with E-state index in [4.69, 9.17) is 0 Å². The summed E-state index contributed by atoms with van der Waals surface area (Å²) in [6.07, 6.45) is 5.43. The third-order valence-electron chi connectivity index (χ3n) is 4.16. The van der Waals surface area contributed by atoms with Crippen LogP contribution >= 0.6 is 15.9 Å². The van der Waals surface area contributed by atoms with Crippen LogP contribution in [-0.2, 0) is 0 Å². The molecule has 1 aromatic rings. The van der Waals surface area contributed by atoms with Crippen molar-refractivity contribution in [2.75, 3.05) is 0 Å². The van der Waals surface area contributed by atoms with Crippen LogP contribution in [0.25, 0.3) is 0 Å². The first-order chi connectivity index (χ1) is 10.0. The van der Waals surface area contributed by atoms with E-state index in [9.17, 15) is 14.9 Å². The maximum atomic E-state index is 12.3. The van der Waals surface area contributed by atoms with Gasteiger partial charge in [0.25, 0.3) is 11.6 Å². The SMILES string of the molecule is CCC1CCC(NC(=O)c2cc([N+](=O)[O-])ccc2Br)CC1. The molecule has 0 saturated heterocycles. The molecular weight excluding hydrogens is 336 g/mol.